The smallest absolute Gasteiger partial charge is 0.161 e. The van der Waals surface area contributed by atoms with Crippen molar-refractivity contribution in [2.45, 2.75) is 6.42 Å². The normalized spacial score (nSPS) is 16.0. The average molecular weight is 245 g/mol. The molecule has 0 aromatic heterocycles. The average Bonchev–Trinajstić information content (AvgIpc) is 2.24. The number of anilines is 1. The largest absolute Gasteiger partial charge is 0.334 e. The molecular formula is C10H10ClFN2S. The predicted octanol–water partition coefficient (Wildman–Crippen LogP) is 3.38. The summed E-state index contributed by atoms with van der Waals surface area (Å²) in [5, 5.41) is 4.33. The van der Waals surface area contributed by atoms with Gasteiger partial charge in [-0.2, -0.15) is 0 Å². The Morgan fingerprint density at radius 2 is 2.33 bits per heavy atom. The van der Waals surface area contributed by atoms with Gasteiger partial charge in [-0.05, 0) is 24.6 Å². The molecule has 2 nitrogen and oxygen atoms in total. The predicted molar refractivity (Wildman–Crippen MR) is 64.4 cm³/mol. The maximum Gasteiger partial charge on any atom is 0.161 e. The Labute approximate surface area is 96.9 Å². The molecule has 0 saturated heterocycles. The third kappa shape index (κ3) is 2.86. The van der Waals surface area contributed by atoms with Gasteiger partial charge in [-0.25, -0.2) is 4.39 Å². The molecular weight excluding hydrogens is 235 g/mol. The summed E-state index contributed by atoms with van der Waals surface area (Å²) in [4.78, 5) is 4.30. The van der Waals surface area contributed by atoms with E-state index < -0.39 is 0 Å². The highest BCUT2D eigenvalue weighted by atomic mass is 35.5. The quantitative estimate of drug-likeness (QED) is 0.819. The maximum absolute atomic E-state index is 12.8. The number of thioether (sulfide) groups is 1. The first kappa shape index (κ1) is 10.8. The number of nitrogens with zero attached hydrogens (tertiary/aromatic N) is 1. The molecule has 1 aliphatic heterocycles. The summed E-state index contributed by atoms with van der Waals surface area (Å²) in [6, 6.07) is 4.29. The molecule has 1 aliphatic rings. The molecule has 0 unspecified atom stereocenters. The minimum absolute atomic E-state index is 0.330. The van der Waals surface area contributed by atoms with E-state index in [1.54, 1.807) is 17.8 Å². The molecule has 0 amide bonds. The first-order valence-corrected chi connectivity index (χ1v) is 6.01. The molecule has 0 bridgehead atoms. The lowest BCUT2D eigenvalue weighted by molar-refractivity contribution is 0.628. The van der Waals surface area contributed by atoms with E-state index in [0.29, 0.717) is 10.7 Å². The second kappa shape index (κ2) is 4.86. The Balaban J connectivity index is 2.13. The molecule has 0 aliphatic carbocycles. The van der Waals surface area contributed by atoms with Crippen LogP contribution in [0.3, 0.4) is 0 Å². The second-order valence-electron chi connectivity index (χ2n) is 3.14. The van der Waals surface area contributed by atoms with E-state index >= 15 is 0 Å². The van der Waals surface area contributed by atoms with Gasteiger partial charge in [0.05, 0.1) is 10.7 Å². The van der Waals surface area contributed by atoms with Crippen LogP contribution in [0.2, 0.25) is 5.02 Å². The second-order valence-corrected chi connectivity index (χ2v) is 4.63. The van der Waals surface area contributed by atoms with E-state index in [0.717, 1.165) is 23.9 Å². The van der Waals surface area contributed by atoms with Crippen molar-refractivity contribution in [3.8, 4) is 0 Å². The fourth-order valence-electron chi connectivity index (χ4n) is 1.24. The van der Waals surface area contributed by atoms with E-state index in [1.165, 1.54) is 12.1 Å². The topological polar surface area (TPSA) is 24.4 Å². The number of amidine groups is 1. The number of rotatable bonds is 1. The van der Waals surface area contributed by atoms with Crippen LogP contribution in [0.5, 0.6) is 0 Å². The van der Waals surface area contributed by atoms with E-state index in [-0.39, 0.29) is 5.82 Å². The zero-order chi connectivity index (χ0) is 10.7. The van der Waals surface area contributed by atoms with Crippen LogP contribution in [0.4, 0.5) is 10.1 Å². The van der Waals surface area contributed by atoms with Crippen molar-refractivity contribution in [3.63, 3.8) is 0 Å². The van der Waals surface area contributed by atoms with Gasteiger partial charge in [0.2, 0.25) is 0 Å². The van der Waals surface area contributed by atoms with Gasteiger partial charge in [0, 0.05) is 12.3 Å². The Kier molecular flexibility index (Phi) is 3.49. The van der Waals surface area contributed by atoms with Crippen LogP contribution in [-0.2, 0) is 0 Å². The standard InChI is InChI=1S/C10H10ClFN2S/c11-8-6-7(12)2-3-9(8)14-10-13-4-1-5-15-10/h2-3,6H,1,4-5H2,(H,13,14). The molecule has 0 saturated carbocycles. The van der Waals surface area contributed by atoms with Crippen molar-refractivity contribution < 1.29 is 4.39 Å². The summed E-state index contributed by atoms with van der Waals surface area (Å²) in [5.74, 6) is 0.730. The molecule has 5 heteroatoms. The molecule has 1 heterocycles. The molecule has 80 valence electrons. The van der Waals surface area contributed by atoms with Crippen molar-refractivity contribution in [1.82, 2.24) is 0 Å². The molecule has 1 aromatic carbocycles. The SMILES string of the molecule is Fc1ccc(NC2=NCCCS2)c(Cl)c1. The number of hydrogen-bond donors (Lipinski definition) is 1. The van der Waals surface area contributed by atoms with Crippen molar-refractivity contribution in [1.29, 1.82) is 0 Å². The van der Waals surface area contributed by atoms with Crippen LogP contribution in [0.15, 0.2) is 23.2 Å². The van der Waals surface area contributed by atoms with Gasteiger partial charge in [-0.1, -0.05) is 23.4 Å². The van der Waals surface area contributed by atoms with Crippen LogP contribution in [-0.4, -0.2) is 17.5 Å². The molecule has 0 atom stereocenters. The third-order valence-corrected chi connectivity index (χ3v) is 3.28. The summed E-state index contributed by atoms with van der Waals surface area (Å²) < 4.78 is 12.8. The molecule has 0 fully saturated rings. The van der Waals surface area contributed by atoms with E-state index in [9.17, 15) is 4.39 Å². The fraction of sp³-hybridized carbons (Fsp3) is 0.300. The van der Waals surface area contributed by atoms with Crippen molar-refractivity contribution in [3.05, 3.63) is 29.0 Å². The van der Waals surface area contributed by atoms with E-state index in [2.05, 4.69) is 10.3 Å². The van der Waals surface area contributed by atoms with Crippen LogP contribution >= 0.6 is 23.4 Å². The maximum atomic E-state index is 12.8. The van der Waals surface area contributed by atoms with Gasteiger partial charge in [-0.15, -0.1) is 0 Å². The highest BCUT2D eigenvalue weighted by Crippen LogP contribution is 2.24. The number of benzene rings is 1. The first-order valence-electron chi connectivity index (χ1n) is 4.65. The van der Waals surface area contributed by atoms with E-state index in [4.69, 9.17) is 11.6 Å². The van der Waals surface area contributed by atoms with Gasteiger partial charge in [0.1, 0.15) is 5.82 Å². The lowest BCUT2D eigenvalue weighted by Gasteiger charge is -2.14. The Hall–Kier alpha value is -0.740. The van der Waals surface area contributed by atoms with Crippen LogP contribution < -0.4 is 5.32 Å². The minimum atomic E-state index is -0.330. The summed E-state index contributed by atoms with van der Waals surface area (Å²) >= 11 is 7.54. The third-order valence-electron chi connectivity index (χ3n) is 1.97. The van der Waals surface area contributed by atoms with Gasteiger partial charge in [-0.3, -0.25) is 4.99 Å². The van der Waals surface area contributed by atoms with Gasteiger partial charge in [0.25, 0.3) is 0 Å². The molecule has 0 spiro atoms. The Bertz CT molecular complexity index is 395. The van der Waals surface area contributed by atoms with Crippen LogP contribution in [0.25, 0.3) is 0 Å². The van der Waals surface area contributed by atoms with Crippen LogP contribution in [0, 0.1) is 5.82 Å². The number of aliphatic imine (C=N–C) groups is 1. The van der Waals surface area contributed by atoms with Crippen molar-refractivity contribution in [2.75, 3.05) is 17.6 Å². The molecule has 1 N–H and O–H groups in total. The molecule has 0 radical (unpaired) electrons. The monoisotopic (exact) mass is 244 g/mol. The first-order chi connectivity index (χ1) is 7.25. The lowest BCUT2D eigenvalue weighted by atomic mass is 10.3. The summed E-state index contributed by atoms with van der Waals surface area (Å²) in [7, 11) is 0. The van der Waals surface area contributed by atoms with E-state index in [1.807, 2.05) is 0 Å². The van der Waals surface area contributed by atoms with Gasteiger partial charge in [0.15, 0.2) is 5.17 Å². The Morgan fingerprint density at radius 3 is 3.00 bits per heavy atom. The van der Waals surface area contributed by atoms with Gasteiger partial charge >= 0.3 is 0 Å². The van der Waals surface area contributed by atoms with Gasteiger partial charge < -0.3 is 5.32 Å². The molecule has 15 heavy (non-hydrogen) atoms. The zero-order valence-corrected chi connectivity index (χ0v) is 9.54. The Morgan fingerprint density at radius 1 is 1.47 bits per heavy atom. The number of nitrogens with one attached hydrogen (secondary N) is 1. The summed E-state index contributed by atoms with van der Waals surface area (Å²) in [6.45, 7) is 0.841. The number of hydrogen-bond acceptors (Lipinski definition) is 3. The van der Waals surface area contributed by atoms with Crippen LogP contribution in [0.1, 0.15) is 6.42 Å². The van der Waals surface area contributed by atoms with Crippen molar-refractivity contribution in [2.24, 2.45) is 4.99 Å². The minimum Gasteiger partial charge on any atom is -0.334 e. The molecule has 2 rings (SSSR count). The van der Waals surface area contributed by atoms with Crippen molar-refractivity contribution >= 4 is 34.2 Å². The zero-order valence-electron chi connectivity index (χ0n) is 7.96. The molecule has 1 aromatic rings. The highest BCUT2D eigenvalue weighted by Gasteiger charge is 2.08. The summed E-state index contributed by atoms with van der Waals surface area (Å²) in [5.41, 5.74) is 0.700. The lowest BCUT2D eigenvalue weighted by Crippen LogP contribution is -2.13. The fourth-order valence-corrected chi connectivity index (χ4v) is 2.29. The highest BCUT2D eigenvalue weighted by molar-refractivity contribution is 8.14. The summed E-state index contributed by atoms with van der Waals surface area (Å²) in [6.07, 6.45) is 1.10. The number of halogens is 2.